The molecule has 0 saturated carbocycles. The Bertz CT molecular complexity index is 386. The molecular formula is C13H17FN2. The summed E-state index contributed by atoms with van der Waals surface area (Å²) in [5.41, 5.74) is 1.93. The summed E-state index contributed by atoms with van der Waals surface area (Å²) >= 11 is 0. The van der Waals surface area contributed by atoms with Gasteiger partial charge in [-0.05, 0) is 43.5 Å². The maximum Gasteiger partial charge on any atom is 0.146 e. The molecule has 2 N–H and O–H groups in total. The van der Waals surface area contributed by atoms with Gasteiger partial charge in [0.15, 0.2) is 0 Å². The molecule has 0 spiro atoms. The molecule has 1 fully saturated rings. The molecular weight excluding hydrogens is 203 g/mol. The molecule has 1 unspecified atom stereocenters. The minimum absolute atomic E-state index is 0.103. The summed E-state index contributed by atoms with van der Waals surface area (Å²) in [6.07, 6.45) is 2.42. The second-order valence-corrected chi connectivity index (χ2v) is 4.78. The summed E-state index contributed by atoms with van der Waals surface area (Å²) in [7, 11) is 0. The van der Waals surface area contributed by atoms with Crippen LogP contribution in [0.4, 0.5) is 10.1 Å². The van der Waals surface area contributed by atoms with Gasteiger partial charge in [0.25, 0.3) is 0 Å². The van der Waals surface area contributed by atoms with Crippen LogP contribution in [-0.2, 0) is 0 Å². The SMILES string of the molecule is Fc1cccc2c1NCC2C1CCNCC1. The quantitative estimate of drug-likeness (QED) is 0.759. The number of para-hydroxylation sites is 1. The van der Waals surface area contributed by atoms with E-state index in [0.717, 1.165) is 25.3 Å². The number of benzene rings is 1. The second kappa shape index (κ2) is 4.06. The van der Waals surface area contributed by atoms with Crippen LogP contribution >= 0.6 is 0 Å². The van der Waals surface area contributed by atoms with Crippen molar-refractivity contribution in [2.75, 3.05) is 25.0 Å². The van der Waals surface area contributed by atoms with E-state index in [0.29, 0.717) is 11.8 Å². The molecule has 0 radical (unpaired) electrons. The maximum absolute atomic E-state index is 13.6. The van der Waals surface area contributed by atoms with Gasteiger partial charge in [0.2, 0.25) is 0 Å². The van der Waals surface area contributed by atoms with Crippen molar-refractivity contribution < 1.29 is 4.39 Å². The second-order valence-electron chi connectivity index (χ2n) is 4.78. The van der Waals surface area contributed by atoms with Gasteiger partial charge in [-0.2, -0.15) is 0 Å². The summed E-state index contributed by atoms with van der Waals surface area (Å²) in [6, 6.07) is 5.44. The van der Waals surface area contributed by atoms with Gasteiger partial charge in [0.05, 0.1) is 5.69 Å². The fourth-order valence-electron chi connectivity index (χ4n) is 3.03. The predicted octanol–water partition coefficient (Wildman–Crippen LogP) is 2.33. The van der Waals surface area contributed by atoms with Gasteiger partial charge in [-0.25, -0.2) is 4.39 Å². The first-order valence-corrected chi connectivity index (χ1v) is 6.09. The number of hydrogen-bond acceptors (Lipinski definition) is 2. The van der Waals surface area contributed by atoms with Crippen LogP contribution in [-0.4, -0.2) is 19.6 Å². The Balaban J connectivity index is 1.87. The number of nitrogens with one attached hydrogen (secondary N) is 2. The van der Waals surface area contributed by atoms with Crippen LogP contribution in [0.5, 0.6) is 0 Å². The zero-order valence-electron chi connectivity index (χ0n) is 9.30. The number of anilines is 1. The zero-order chi connectivity index (χ0) is 11.0. The zero-order valence-corrected chi connectivity index (χ0v) is 9.30. The van der Waals surface area contributed by atoms with E-state index in [-0.39, 0.29) is 5.82 Å². The largest absolute Gasteiger partial charge is 0.382 e. The van der Waals surface area contributed by atoms with Crippen molar-refractivity contribution in [3.05, 3.63) is 29.6 Å². The third-order valence-electron chi connectivity index (χ3n) is 3.90. The van der Waals surface area contributed by atoms with Crippen molar-refractivity contribution >= 4 is 5.69 Å². The predicted molar refractivity (Wildman–Crippen MR) is 63.2 cm³/mol. The van der Waals surface area contributed by atoms with E-state index in [1.165, 1.54) is 24.5 Å². The topological polar surface area (TPSA) is 24.1 Å². The minimum Gasteiger partial charge on any atom is -0.382 e. The Morgan fingerprint density at radius 2 is 2.00 bits per heavy atom. The maximum atomic E-state index is 13.6. The highest BCUT2D eigenvalue weighted by Crippen LogP contribution is 2.40. The summed E-state index contributed by atoms with van der Waals surface area (Å²) in [4.78, 5) is 0. The first kappa shape index (κ1) is 10.1. The molecule has 1 saturated heterocycles. The van der Waals surface area contributed by atoms with E-state index in [1.54, 1.807) is 0 Å². The fraction of sp³-hybridized carbons (Fsp3) is 0.538. The molecule has 2 heterocycles. The smallest absolute Gasteiger partial charge is 0.146 e. The van der Waals surface area contributed by atoms with E-state index in [9.17, 15) is 4.39 Å². The first-order chi connectivity index (χ1) is 7.86. The molecule has 2 aliphatic heterocycles. The van der Waals surface area contributed by atoms with Gasteiger partial charge in [-0.1, -0.05) is 12.1 Å². The molecule has 0 aromatic heterocycles. The van der Waals surface area contributed by atoms with Crippen molar-refractivity contribution in [1.29, 1.82) is 0 Å². The van der Waals surface area contributed by atoms with Crippen LogP contribution in [0.3, 0.4) is 0 Å². The number of halogens is 1. The van der Waals surface area contributed by atoms with Gasteiger partial charge in [-0.3, -0.25) is 0 Å². The highest BCUT2D eigenvalue weighted by Gasteiger charge is 2.31. The summed E-state index contributed by atoms with van der Waals surface area (Å²) in [5.74, 6) is 1.11. The molecule has 16 heavy (non-hydrogen) atoms. The summed E-state index contributed by atoms with van der Waals surface area (Å²) < 4.78 is 13.6. The standard InChI is InChI=1S/C13H17FN2/c14-12-3-1-2-10-11(8-16-13(10)12)9-4-6-15-7-5-9/h1-3,9,11,15-16H,4-8H2. The highest BCUT2D eigenvalue weighted by atomic mass is 19.1. The van der Waals surface area contributed by atoms with Gasteiger partial charge in [-0.15, -0.1) is 0 Å². The average molecular weight is 220 g/mol. The van der Waals surface area contributed by atoms with Crippen molar-refractivity contribution in [2.24, 2.45) is 5.92 Å². The lowest BCUT2D eigenvalue weighted by Crippen LogP contribution is -2.31. The fourth-order valence-corrected chi connectivity index (χ4v) is 3.03. The molecule has 1 aromatic carbocycles. The summed E-state index contributed by atoms with van der Waals surface area (Å²) in [5, 5.41) is 6.60. The number of piperidine rings is 1. The first-order valence-electron chi connectivity index (χ1n) is 6.09. The molecule has 3 rings (SSSR count). The van der Waals surface area contributed by atoms with E-state index < -0.39 is 0 Å². The van der Waals surface area contributed by atoms with Crippen LogP contribution in [0.15, 0.2) is 18.2 Å². The average Bonchev–Trinajstić information content (AvgIpc) is 2.75. The number of rotatable bonds is 1. The molecule has 2 aliphatic rings. The lowest BCUT2D eigenvalue weighted by Gasteiger charge is -2.27. The van der Waals surface area contributed by atoms with Gasteiger partial charge < -0.3 is 10.6 Å². The van der Waals surface area contributed by atoms with Gasteiger partial charge in [0, 0.05) is 12.5 Å². The van der Waals surface area contributed by atoms with Crippen LogP contribution in [0.2, 0.25) is 0 Å². The lowest BCUT2D eigenvalue weighted by molar-refractivity contribution is 0.330. The molecule has 2 nitrogen and oxygen atoms in total. The van der Waals surface area contributed by atoms with Crippen molar-refractivity contribution in [2.45, 2.75) is 18.8 Å². The van der Waals surface area contributed by atoms with Crippen molar-refractivity contribution in [1.82, 2.24) is 5.32 Å². The molecule has 1 atom stereocenters. The van der Waals surface area contributed by atoms with E-state index in [2.05, 4.69) is 16.7 Å². The number of hydrogen-bond donors (Lipinski definition) is 2. The summed E-state index contributed by atoms with van der Waals surface area (Å²) in [6.45, 7) is 3.11. The Morgan fingerprint density at radius 3 is 2.81 bits per heavy atom. The number of fused-ring (bicyclic) bond motifs is 1. The van der Waals surface area contributed by atoms with E-state index in [4.69, 9.17) is 0 Å². The van der Waals surface area contributed by atoms with Gasteiger partial charge >= 0.3 is 0 Å². The molecule has 0 aliphatic carbocycles. The Morgan fingerprint density at radius 1 is 1.19 bits per heavy atom. The van der Waals surface area contributed by atoms with E-state index in [1.807, 2.05) is 6.07 Å². The van der Waals surface area contributed by atoms with Crippen LogP contribution < -0.4 is 10.6 Å². The van der Waals surface area contributed by atoms with Crippen LogP contribution in [0, 0.1) is 11.7 Å². The van der Waals surface area contributed by atoms with Gasteiger partial charge in [0.1, 0.15) is 5.82 Å². The van der Waals surface area contributed by atoms with Crippen molar-refractivity contribution in [3.8, 4) is 0 Å². The normalized spacial score (nSPS) is 25.2. The Kier molecular flexibility index (Phi) is 2.56. The van der Waals surface area contributed by atoms with Crippen LogP contribution in [0.25, 0.3) is 0 Å². The molecule has 86 valence electrons. The Hall–Kier alpha value is -1.09. The third kappa shape index (κ3) is 1.59. The monoisotopic (exact) mass is 220 g/mol. The molecule has 1 aromatic rings. The third-order valence-corrected chi connectivity index (χ3v) is 3.90. The molecule has 0 bridgehead atoms. The van der Waals surface area contributed by atoms with E-state index >= 15 is 0 Å². The molecule has 3 heteroatoms. The van der Waals surface area contributed by atoms with Crippen LogP contribution in [0.1, 0.15) is 24.3 Å². The highest BCUT2D eigenvalue weighted by molar-refractivity contribution is 5.58. The minimum atomic E-state index is -0.103. The molecule has 0 amide bonds. The van der Waals surface area contributed by atoms with Crippen molar-refractivity contribution in [3.63, 3.8) is 0 Å². The Labute approximate surface area is 95.2 Å². The lowest BCUT2D eigenvalue weighted by atomic mass is 9.82.